The molecule has 3 aromatic carbocycles. The third-order valence-electron chi connectivity index (χ3n) is 5.08. The maximum Gasteiger partial charge on any atom is 0.264 e. The highest BCUT2D eigenvalue weighted by Gasteiger charge is 2.50. The fourth-order valence-corrected chi connectivity index (χ4v) is 3.63. The smallest absolute Gasteiger partial charge is 0.264 e. The Hall–Kier alpha value is -3.44. The molecule has 1 N–H and O–H groups in total. The van der Waals surface area contributed by atoms with Crippen LogP contribution in [0.2, 0.25) is 0 Å². The van der Waals surface area contributed by atoms with Gasteiger partial charge in [-0.2, -0.15) is 0 Å². The van der Waals surface area contributed by atoms with E-state index in [2.05, 4.69) is 0 Å². The number of para-hydroxylation sites is 2. The summed E-state index contributed by atoms with van der Waals surface area (Å²) >= 11 is 0. The molecule has 146 valence electrons. The second kappa shape index (κ2) is 7.89. The summed E-state index contributed by atoms with van der Waals surface area (Å²) in [6.45, 7) is 0.541. The van der Waals surface area contributed by atoms with E-state index < -0.39 is 11.5 Å². The Bertz CT molecular complexity index is 1020. The zero-order valence-electron chi connectivity index (χ0n) is 15.8. The number of fused-ring (bicyclic) bond motifs is 1. The Morgan fingerprint density at radius 2 is 1.52 bits per heavy atom. The lowest BCUT2D eigenvalue weighted by molar-refractivity contribution is -0.135. The summed E-state index contributed by atoms with van der Waals surface area (Å²) in [7, 11) is 0. The molecule has 0 spiro atoms. The van der Waals surface area contributed by atoms with Gasteiger partial charge in [0.15, 0.2) is 11.4 Å². The molecule has 1 amide bonds. The quantitative estimate of drug-likeness (QED) is 0.630. The molecule has 0 unspecified atom stereocenters. The van der Waals surface area contributed by atoms with Crippen LogP contribution < -0.4 is 9.64 Å². The molecule has 29 heavy (non-hydrogen) atoms. The maximum atomic E-state index is 13.2. The molecule has 1 aliphatic rings. The van der Waals surface area contributed by atoms with E-state index in [1.165, 1.54) is 4.90 Å². The number of Topliss-reactive ketones (excluding diaryl/α,β-unsaturated/α-hetero) is 1. The van der Waals surface area contributed by atoms with Crippen LogP contribution in [0.1, 0.15) is 22.3 Å². The number of rotatable bonds is 7. The topological polar surface area (TPSA) is 66.8 Å². The van der Waals surface area contributed by atoms with E-state index in [9.17, 15) is 14.7 Å². The summed E-state index contributed by atoms with van der Waals surface area (Å²) in [6, 6.07) is 25.1. The van der Waals surface area contributed by atoms with Crippen molar-refractivity contribution in [1.29, 1.82) is 0 Å². The minimum absolute atomic E-state index is 0.270. The molecule has 0 aliphatic carbocycles. The van der Waals surface area contributed by atoms with Gasteiger partial charge < -0.3 is 14.7 Å². The Kier molecular flexibility index (Phi) is 5.14. The van der Waals surface area contributed by atoms with E-state index in [0.29, 0.717) is 22.6 Å². The Balaban J connectivity index is 1.54. The van der Waals surface area contributed by atoms with Gasteiger partial charge in [0, 0.05) is 11.1 Å². The van der Waals surface area contributed by atoms with Gasteiger partial charge in [0.2, 0.25) is 0 Å². The predicted molar refractivity (Wildman–Crippen MR) is 110 cm³/mol. The third-order valence-corrected chi connectivity index (χ3v) is 5.08. The van der Waals surface area contributed by atoms with Crippen LogP contribution >= 0.6 is 0 Å². The van der Waals surface area contributed by atoms with Crippen molar-refractivity contribution in [2.24, 2.45) is 0 Å². The van der Waals surface area contributed by atoms with Crippen LogP contribution in [0.5, 0.6) is 5.75 Å². The molecule has 0 fully saturated rings. The number of anilines is 1. The highest BCUT2D eigenvalue weighted by Crippen LogP contribution is 2.42. The molecule has 5 heteroatoms. The number of ketones is 1. The van der Waals surface area contributed by atoms with Crippen molar-refractivity contribution in [2.75, 3.05) is 18.1 Å². The fourth-order valence-electron chi connectivity index (χ4n) is 3.63. The summed E-state index contributed by atoms with van der Waals surface area (Å²) in [5, 5.41) is 11.3. The molecule has 4 rings (SSSR count). The summed E-state index contributed by atoms with van der Waals surface area (Å²) in [4.78, 5) is 27.4. The third kappa shape index (κ3) is 3.65. The predicted octanol–water partition coefficient (Wildman–Crippen LogP) is 3.57. The van der Waals surface area contributed by atoms with E-state index in [0.717, 1.165) is 0 Å². The Morgan fingerprint density at radius 3 is 2.24 bits per heavy atom. The molecule has 0 bridgehead atoms. The number of carbonyl (C=O) groups is 2. The zero-order chi connectivity index (χ0) is 20.3. The van der Waals surface area contributed by atoms with Gasteiger partial charge in [-0.15, -0.1) is 0 Å². The molecule has 0 saturated carbocycles. The van der Waals surface area contributed by atoms with Crippen LogP contribution in [0.25, 0.3) is 0 Å². The van der Waals surface area contributed by atoms with Crippen LogP contribution in [0.15, 0.2) is 84.9 Å². The lowest BCUT2D eigenvalue weighted by Crippen LogP contribution is -2.43. The highest BCUT2D eigenvalue weighted by atomic mass is 16.5. The number of hydrogen-bond donors (Lipinski definition) is 1. The second-order valence-corrected chi connectivity index (χ2v) is 6.96. The highest BCUT2D eigenvalue weighted by molar-refractivity contribution is 6.10. The SMILES string of the molecule is O=C(C[C@]1(O)C(=O)N(CCOc2ccccc2)c2ccccc21)c1ccccc1. The van der Waals surface area contributed by atoms with Gasteiger partial charge in [0.25, 0.3) is 5.91 Å². The van der Waals surface area contributed by atoms with Crippen molar-refractivity contribution in [3.8, 4) is 5.75 Å². The van der Waals surface area contributed by atoms with Crippen LogP contribution in [-0.4, -0.2) is 29.9 Å². The molecule has 1 aliphatic heterocycles. The first kappa shape index (κ1) is 18.9. The average molecular weight is 387 g/mol. The fraction of sp³-hybridized carbons (Fsp3) is 0.167. The molecular formula is C24H21NO4. The summed E-state index contributed by atoms with van der Waals surface area (Å²) in [5.41, 5.74) is -0.348. The van der Waals surface area contributed by atoms with Crippen molar-refractivity contribution < 1.29 is 19.4 Å². The number of hydrogen-bond acceptors (Lipinski definition) is 4. The number of amides is 1. The van der Waals surface area contributed by atoms with Gasteiger partial charge >= 0.3 is 0 Å². The number of carbonyl (C=O) groups excluding carboxylic acids is 2. The van der Waals surface area contributed by atoms with Crippen LogP contribution in [0.4, 0.5) is 5.69 Å². The minimum atomic E-state index is -1.88. The average Bonchev–Trinajstić information content (AvgIpc) is 2.97. The first-order chi connectivity index (χ1) is 14.1. The van der Waals surface area contributed by atoms with E-state index in [1.807, 2.05) is 42.5 Å². The van der Waals surface area contributed by atoms with Crippen LogP contribution in [0, 0.1) is 0 Å². The van der Waals surface area contributed by atoms with Crippen LogP contribution in [0.3, 0.4) is 0 Å². The number of aliphatic hydroxyl groups is 1. The first-order valence-electron chi connectivity index (χ1n) is 9.49. The van der Waals surface area contributed by atoms with Crippen molar-refractivity contribution in [2.45, 2.75) is 12.0 Å². The Morgan fingerprint density at radius 1 is 0.897 bits per heavy atom. The van der Waals surface area contributed by atoms with Gasteiger partial charge in [0.1, 0.15) is 12.4 Å². The lowest BCUT2D eigenvalue weighted by Gasteiger charge is -2.23. The van der Waals surface area contributed by atoms with E-state index in [-0.39, 0.29) is 25.4 Å². The van der Waals surface area contributed by atoms with Gasteiger partial charge in [-0.3, -0.25) is 9.59 Å². The normalized spacial score (nSPS) is 17.8. The van der Waals surface area contributed by atoms with E-state index in [1.54, 1.807) is 42.5 Å². The van der Waals surface area contributed by atoms with Crippen molar-refractivity contribution >= 4 is 17.4 Å². The standard InChI is InChI=1S/C24H21NO4/c26-22(18-9-3-1-4-10-18)17-24(28)20-13-7-8-14-21(20)25(23(24)27)15-16-29-19-11-5-2-6-12-19/h1-14,28H,15-17H2/t24-/m1/s1. The van der Waals surface area contributed by atoms with E-state index >= 15 is 0 Å². The molecule has 5 nitrogen and oxygen atoms in total. The molecule has 1 heterocycles. The molecule has 0 radical (unpaired) electrons. The largest absolute Gasteiger partial charge is 0.492 e. The van der Waals surface area contributed by atoms with Gasteiger partial charge in [0.05, 0.1) is 18.7 Å². The lowest BCUT2D eigenvalue weighted by atomic mass is 9.88. The molecule has 1 atom stereocenters. The number of nitrogens with zero attached hydrogens (tertiary/aromatic N) is 1. The minimum Gasteiger partial charge on any atom is -0.492 e. The second-order valence-electron chi connectivity index (χ2n) is 6.96. The zero-order valence-corrected chi connectivity index (χ0v) is 15.8. The monoisotopic (exact) mass is 387 g/mol. The maximum absolute atomic E-state index is 13.2. The van der Waals surface area contributed by atoms with Gasteiger partial charge in [-0.1, -0.05) is 66.7 Å². The molecule has 0 aromatic heterocycles. The van der Waals surface area contributed by atoms with Crippen molar-refractivity contribution in [3.63, 3.8) is 0 Å². The Labute approximate surface area is 169 Å². The molecular weight excluding hydrogens is 366 g/mol. The van der Waals surface area contributed by atoms with Gasteiger partial charge in [-0.05, 0) is 18.2 Å². The first-order valence-corrected chi connectivity index (χ1v) is 9.49. The molecule has 0 saturated heterocycles. The van der Waals surface area contributed by atoms with Crippen LogP contribution in [-0.2, 0) is 10.4 Å². The summed E-state index contributed by atoms with van der Waals surface area (Å²) < 4.78 is 5.71. The van der Waals surface area contributed by atoms with Crippen molar-refractivity contribution in [1.82, 2.24) is 0 Å². The molecule has 3 aromatic rings. The van der Waals surface area contributed by atoms with Crippen molar-refractivity contribution in [3.05, 3.63) is 96.1 Å². The van der Waals surface area contributed by atoms with E-state index in [4.69, 9.17) is 4.74 Å². The van der Waals surface area contributed by atoms with Gasteiger partial charge in [-0.25, -0.2) is 0 Å². The summed E-state index contributed by atoms with van der Waals surface area (Å²) in [6.07, 6.45) is -0.303. The number of benzene rings is 3. The number of ether oxygens (including phenoxy) is 1. The summed E-state index contributed by atoms with van der Waals surface area (Å²) in [5.74, 6) is -0.0692.